The lowest BCUT2D eigenvalue weighted by Gasteiger charge is -2.11. The number of primary amides is 1. The molecule has 4 nitrogen and oxygen atoms in total. The lowest BCUT2D eigenvalue weighted by molar-refractivity contribution is 0.1000. The molecule has 0 bridgehead atoms. The third-order valence-electron chi connectivity index (χ3n) is 3.07. The molecule has 0 spiro atoms. The summed E-state index contributed by atoms with van der Waals surface area (Å²) in [6.07, 6.45) is 0. The average molecular weight is 292 g/mol. The highest BCUT2D eigenvalue weighted by molar-refractivity contribution is 5.93. The second-order valence-corrected chi connectivity index (χ2v) is 4.66. The van der Waals surface area contributed by atoms with Gasteiger partial charge in [-0.3, -0.25) is 4.79 Å². The fourth-order valence-corrected chi connectivity index (χ4v) is 1.93. The number of rotatable bonds is 4. The van der Waals surface area contributed by atoms with Crippen molar-refractivity contribution >= 4 is 11.6 Å². The molecule has 2 rings (SSSR count). The zero-order valence-corrected chi connectivity index (χ0v) is 11.3. The second kappa shape index (κ2) is 5.78. The summed E-state index contributed by atoms with van der Waals surface area (Å²) in [6, 6.07) is 6.97. The van der Waals surface area contributed by atoms with Gasteiger partial charge >= 0.3 is 0 Å². The van der Waals surface area contributed by atoms with Crippen LogP contribution >= 0.6 is 0 Å². The topological polar surface area (TPSA) is 75.4 Å². The van der Waals surface area contributed by atoms with Crippen LogP contribution in [0, 0.1) is 18.6 Å². The zero-order valence-electron chi connectivity index (χ0n) is 11.3. The van der Waals surface area contributed by atoms with Gasteiger partial charge < -0.3 is 16.2 Å². The maximum absolute atomic E-state index is 13.2. The Labute approximate surface area is 120 Å². The van der Waals surface area contributed by atoms with Gasteiger partial charge in [0, 0.05) is 17.8 Å². The number of halogens is 2. The molecule has 4 N–H and O–H groups in total. The van der Waals surface area contributed by atoms with Gasteiger partial charge in [-0.15, -0.1) is 0 Å². The number of aryl methyl sites for hydroxylation is 1. The summed E-state index contributed by atoms with van der Waals surface area (Å²) >= 11 is 0. The Morgan fingerprint density at radius 1 is 1.24 bits per heavy atom. The number of hydrogen-bond donors (Lipinski definition) is 3. The molecule has 21 heavy (non-hydrogen) atoms. The van der Waals surface area contributed by atoms with Crippen LogP contribution in [0.5, 0.6) is 5.75 Å². The van der Waals surface area contributed by atoms with Crippen LogP contribution in [0.15, 0.2) is 30.3 Å². The summed E-state index contributed by atoms with van der Waals surface area (Å²) < 4.78 is 26.4. The standard InChI is InChI=1S/C15H14F2N2O2/c1-8-4-10(15(18)21)2-3-13(8)19-7-9-5-11(16)14(20)12(17)6-9/h2-6,19-20H,7H2,1H3,(H2,18,21). The first kappa shape index (κ1) is 14.8. The van der Waals surface area contributed by atoms with Crippen LogP contribution in [0.2, 0.25) is 0 Å². The van der Waals surface area contributed by atoms with E-state index in [0.717, 1.165) is 17.7 Å². The van der Waals surface area contributed by atoms with Crippen LogP contribution in [0.1, 0.15) is 21.5 Å². The van der Waals surface area contributed by atoms with E-state index in [1.807, 2.05) is 0 Å². The number of carbonyl (C=O) groups excluding carboxylic acids is 1. The van der Waals surface area contributed by atoms with Crippen LogP contribution in [0.3, 0.4) is 0 Å². The summed E-state index contributed by atoms with van der Waals surface area (Å²) in [5.74, 6) is -3.52. The van der Waals surface area contributed by atoms with Crippen LogP contribution in [-0.2, 0) is 6.54 Å². The minimum Gasteiger partial charge on any atom is -0.503 e. The van der Waals surface area contributed by atoms with Crippen molar-refractivity contribution in [3.63, 3.8) is 0 Å². The Hall–Kier alpha value is -2.63. The van der Waals surface area contributed by atoms with Gasteiger partial charge in [0.15, 0.2) is 17.4 Å². The second-order valence-electron chi connectivity index (χ2n) is 4.66. The third-order valence-corrected chi connectivity index (χ3v) is 3.07. The van der Waals surface area contributed by atoms with E-state index in [-0.39, 0.29) is 6.54 Å². The maximum atomic E-state index is 13.2. The maximum Gasteiger partial charge on any atom is 0.248 e. The van der Waals surface area contributed by atoms with Crippen molar-refractivity contribution in [1.29, 1.82) is 0 Å². The first-order valence-electron chi connectivity index (χ1n) is 6.19. The average Bonchev–Trinajstić information content (AvgIpc) is 2.43. The summed E-state index contributed by atoms with van der Waals surface area (Å²) in [6.45, 7) is 1.96. The lowest BCUT2D eigenvalue weighted by atomic mass is 10.1. The molecule has 2 aromatic rings. The number of aromatic hydroxyl groups is 1. The van der Waals surface area contributed by atoms with E-state index in [0.29, 0.717) is 16.8 Å². The number of anilines is 1. The third kappa shape index (κ3) is 3.28. The van der Waals surface area contributed by atoms with Crippen LogP contribution in [-0.4, -0.2) is 11.0 Å². The van der Waals surface area contributed by atoms with Crippen LogP contribution in [0.25, 0.3) is 0 Å². The number of amides is 1. The summed E-state index contributed by atoms with van der Waals surface area (Å²) in [4.78, 5) is 11.0. The number of carbonyl (C=O) groups is 1. The molecule has 0 aliphatic heterocycles. The molecular weight excluding hydrogens is 278 g/mol. The Bertz CT molecular complexity index is 679. The van der Waals surface area contributed by atoms with Gasteiger partial charge in [0.2, 0.25) is 5.91 Å². The minimum absolute atomic E-state index is 0.172. The first-order chi connectivity index (χ1) is 9.88. The van der Waals surface area contributed by atoms with Gasteiger partial charge in [-0.1, -0.05) is 0 Å². The van der Waals surface area contributed by atoms with E-state index in [9.17, 15) is 13.6 Å². The predicted octanol–water partition coefficient (Wildman–Crippen LogP) is 2.69. The van der Waals surface area contributed by atoms with E-state index < -0.39 is 23.3 Å². The van der Waals surface area contributed by atoms with Crippen LogP contribution in [0.4, 0.5) is 14.5 Å². The monoisotopic (exact) mass is 292 g/mol. The van der Waals surface area contributed by atoms with E-state index in [1.54, 1.807) is 25.1 Å². The van der Waals surface area contributed by atoms with Crippen molar-refractivity contribution in [3.05, 3.63) is 58.7 Å². The minimum atomic E-state index is -1.01. The summed E-state index contributed by atoms with van der Waals surface area (Å²) in [5, 5.41) is 12.0. The number of hydrogen-bond acceptors (Lipinski definition) is 3. The van der Waals surface area contributed by atoms with Crippen molar-refractivity contribution in [2.24, 2.45) is 5.73 Å². The van der Waals surface area contributed by atoms with E-state index in [2.05, 4.69) is 5.32 Å². The number of phenolic OH excluding ortho intramolecular Hbond substituents is 1. The molecule has 0 aliphatic rings. The molecule has 0 saturated carbocycles. The Kier molecular flexibility index (Phi) is 4.07. The molecule has 0 unspecified atom stereocenters. The normalized spacial score (nSPS) is 10.4. The molecule has 0 aliphatic carbocycles. The fourth-order valence-electron chi connectivity index (χ4n) is 1.93. The molecule has 110 valence electrons. The van der Waals surface area contributed by atoms with E-state index >= 15 is 0 Å². The van der Waals surface area contributed by atoms with Crippen molar-refractivity contribution < 1.29 is 18.7 Å². The highest BCUT2D eigenvalue weighted by Gasteiger charge is 2.10. The molecule has 0 aromatic heterocycles. The summed E-state index contributed by atoms with van der Waals surface area (Å²) in [7, 11) is 0. The van der Waals surface area contributed by atoms with Crippen LogP contribution < -0.4 is 11.1 Å². The Balaban J connectivity index is 2.15. The van der Waals surface area contributed by atoms with Crippen molar-refractivity contribution in [2.45, 2.75) is 13.5 Å². The van der Waals surface area contributed by atoms with Gasteiger partial charge in [-0.05, 0) is 48.4 Å². The molecule has 1 amide bonds. The summed E-state index contributed by atoms with van der Waals surface area (Å²) in [5.41, 5.74) is 7.42. The van der Waals surface area contributed by atoms with Gasteiger partial charge in [0.25, 0.3) is 0 Å². The molecule has 6 heteroatoms. The van der Waals surface area contributed by atoms with Gasteiger partial charge in [0.05, 0.1) is 0 Å². The largest absolute Gasteiger partial charge is 0.503 e. The smallest absolute Gasteiger partial charge is 0.248 e. The molecule has 0 heterocycles. The zero-order chi connectivity index (χ0) is 15.6. The number of benzene rings is 2. The van der Waals surface area contributed by atoms with Crippen molar-refractivity contribution in [3.8, 4) is 5.75 Å². The van der Waals surface area contributed by atoms with Gasteiger partial charge in [-0.2, -0.15) is 0 Å². The Morgan fingerprint density at radius 2 is 1.86 bits per heavy atom. The van der Waals surface area contributed by atoms with E-state index in [4.69, 9.17) is 10.8 Å². The lowest BCUT2D eigenvalue weighted by Crippen LogP contribution is -2.11. The van der Waals surface area contributed by atoms with Crippen molar-refractivity contribution in [1.82, 2.24) is 0 Å². The molecule has 0 atom stereocenters. The molecule has 0 radical (unpaired) electrons. The SMILES string of the molecule is Cc1cc(C(N)=O)ccc1NCc1cc(F)c(O)c(F)c1. The molecule has 0 saturated heterocycles. The first-order valence-corrected chi connectivity index (χ1v) is 6.19. The molecule has 2 aromatic carbocycles. The van der Waals surface area contributed by atoms with Crippen molar-refractivity contribution in [2.75, 3.05) is 5.32 Å². The highest BCUT2D eigenvalue weighted by atomic mass is 19.1. The number of nitrogens with two attached hydrogens (primary N) is 1. The predicted molar refractivity (Wildman–Crippen MR) is 75.0 cm³/mol. The Morgan fingerprint density at radius 3 is 2.38 bits per heavy atom. The quantitative estimate of drug-likeness (QED) is 0.811. The number of nitrogens with one attached hydrogen (secondary N) is 1. The number of phenols is 1. The molecule has 0 fully saturated rings. The highest BCUT2D eigenvalue weighted by Crippen LogP contribution is 2.23. The van der Waals surface area contributed by atoms with E-state index in [1.165, 1.54) is 0 Å². The van der Waals surface area contributed by atoms with Gasteiger partial charge in [-0.25, -0.2) is 8.78 Å². The fraction of sp³-hybridized carbons (Fsp3) is 0.133. The van der Waals surface area contributed by atoms with Gasteiger partial charge in [0.1, 0.15) is 0 Å². The molecular formula is C15H14F2N2O2.